The van der Waals surface area contributed by atoms with E-state index in [2.05, 4.69) is 5.32 Å². The lowest BCUT2D eigenvalue weighted by Crippen LogP contribution is -2.36. The molecule has 1 fully saturated rings. The van der Waals surface area contributed by atoms with Crippen molar-refractivity contribution in [1.29, 1.82) is 0 Å². The van der Waals surface area contributed by atoms with Crippen molar-refractivity contribution in [2.24, 2.45) is 0 Å². The van der Waals surface area contributed by atoms with E-state index in [1.165, 1.54) is 6.07 Å². The third-order valence-electron chi connectivity index (χ3n) is 4.53. The largest absolute Gasteiger partial charge is 0.482 e. The Morgan fingerprint density at radius 1 is 1.28 bits per heavy atom. The van der Waals surface area contributed by atoms with Gasteiger partial charge in [0.1, 0.15) is 11.4 Å². The summed E-state index contributed by atoms with van der Waals surface area (Å²) in [5.74, 6) is 0.00975. The predicted molar refractivity (Wildman–Crippen MR) is 111 cm³/mol. The summed E-state index contributed by atoms with van der Waals surface area (Å²) in [5.41, 5.74) is 2.59. The van der Waals surface area contributed by atoms with Crippen molar-refractivity contribution in [3.05, 3.63) is 56.6 Å². The van der Waals surface area contributed by atoms with Gasteiger partial charge in [0.15, 0.2) is 6.61 Å². The highest BCUT2D eigenvalue weighted by Crippen LogP contribution is 2.32. The summed E-state index contributed by atoms with van der Waals surface area (Å²) in [6, 6.07) is 8.30. The summed E-state index contributed by atoms with van der Waals surface area (Å²) in [5, 5.41) is 14.6. The van der Waals surface area contributed by atoms with Gasteiger partial charge in [0.05, 0.1) is 23.2 Å². The van der Waals surface area contributed by atoms with E-state index in [1.54, 1.807) is 18.2 Å². The number of hydrogen-bond acceptors (Lipinski definition) is 6. The molecule has 1 heterocycles. The van der Waals surface area contributed by atoms with Crippen LogP contribution in [0.15, 0.2) is 30.3 Å². The number of nitrogens with zero attached hydrogens (tertiary/aromatic N) is 2. The second kappa shape index (κ2) is 9.11. The smallest absolute Gasteiger partial charge is 0.294 e. The van der Waals surface area contributed by atoms with Gasteiger partial charge in [0.2, 0.25) is 0 Å². The molecule has 1 saturated heterocycles. The highest BCUT2D eigenvalue weighted by atomic mass is 35.5. The maximum absolute atomic E-state index is 12.3. The number of aryl methyl sites for hydroxylation is 2. The Bertz CT molecular complexity index is 905. The predicted octanol–water partition coefficient (Wildman–Crippen LogP) is 3.72. The summed E-state index contributed by atoms with van der Waals surface area (Å²) in [6.07, 6.45) is 0. The van der Waals surface area contributed by atoms with Gasteiger partial charge in [-0.2, -0.15) is 0 Å². The van der Waals surface area contributed by atoms with Crippen LogP contribution in [0, 0.1) is 24.0 Å². The van der Waals surface area contributed by atoms with Crippen LogP contribution >= 0.6 is 11.6 Å². The highest BCUT2D eigenvalue weighted by molar-refractivity contribution is 6.32. The molecule has 1 aliphatic rings. The molecule has 29 heavy (non-hydrogen) atoms. The lowest BCUT2D eigenvalue weighted by molar-refractivity contribution is -0.384. The van der Waals surface area contributed by atoms with Crippen molar-refractivity contribution < 1.29 is 19.2 Å². The van der Waals surface area contributed by atoms with Crippen LogP contribution in [0.2, 0.25) is 5.02 Å². The number of carbonyl (C=O) groups is 1. The van der Waals surface area contributed by atoms with Gasteiger partial charge in [-0.1, -0.05) is 17.7 Å². The lowest BCUT2D eigenvalue weighted by Gasteiger charge is -2.28. The molecule has 0 bridgehead atoms. The summed E-state index contributed by atoms with van der Waals surface area (Å²) in [4.78, 5) is 25.2. The van der Waals surface area contributed by atoms with E-state index in [4.69, 9.17) is 21.1 Å². The van der Waals surface area contributed by atoms with Crippen LogP contribution in [0.25, 0.3) is 0 Å². The van der Waals surface area contributed by atoms with E-state index in [0.717, 1.165) is 11.1 Å². The van der Waals surface area contributed by atoms with Gasteiger partial charge in [0.25, 0.3) is 11.6 Å². The zero-order chi connectivity index (χ0) is 21.0. The fourth-order valence-corrected chi connectivity index (χ4v) is 3.61. The van der Waals surface area contributed by atoms with Crippen molar-refractivity contribution in [3.63, 3.8) is 0 Å². The molecule has 1 aliphatic heterocycles. The molecule has 0 aromatic heterocycles. The molecule has 9 heteroatoms. The monoisotopic (exact) mass is 419 g/mol. The number of benzene rings is 2. The second-order valence-electron chi connectivity index (χ2n) is 6.79. The van der Waals surface area contributed by atoms with Gasteiger partial charge in [-0.25, -0.2) is 0 Å². The summed E-state index contributed by atoms with van der Waals surface area (Å²) >= 11 is 6.18. The topological polar surface area (TPSA) is 93.9 Å². The number of anilines is 2. The fourth-order valence-electron chi connectivity index (χ4n) is 3.24. The van der Waals surface area contributed by atoms with Crippen LogP contribution in [0.3, 0.4) is 0 Å². The number of ether oxygens (including phenoxy) is 2. The van der Waals surface area contributed by atoms with Crippen LogP contribution in [-0.2, 0) is 9.53 Å². The first-order chi connectivity index (χ1) is 13.8. The van der Waals surface area contributed by atoms with E-state index < -0.39 is 10.8 Å². The average Bonchev–Trinajstić information content (AvgIpc) is 2.67. The molecule has 1 N–H and O–H groups in total. The van der Waals surface area contributed by atoms with Gasteiger partial charge in [-0.05, 0) is 43.2 Å². The lowest BCUT2D eigenvalue weighted by atomic mass is 10.1. The molecule has 0 spiro atoms. The molecule has 3 rings (SSSR count). The summed E-state index contributed by atoms with van der Waals surface area (Å²) in [6.45, 7) is 5.71. The molecular formula is C20H22ClN3O5. The molecular weight excluding hydrogens is 398 g/mol. The van der Waals surface area contributed by atoms with Crippen molar-refractivity contribution >= 4 is 34.6 Å². The number of carbonyl (C=O) groups excluding carboxylic acids is 1. The maximum atomic E-state index is 12.3. The SMILES string of the molecule is Cc1cc(C)c(OCC(=O)Nc2ccc(N3CCOCC3)c([N+](=O)[O-])c2)c(Cl)c1. The second-order valence-corrected chi connectivity index (χ2v) is 7.20. The first-order valence-electron chi connectivity index (χ1n) is 9.15. The van der Waals surface area contributed by atoms with Crippen LogP contribution in [0.5, 0.6) is 5.75 Å². The number of nitro benzene ring substituents is 1. The molecule has 8 nitrogen and oxygen atoms in total. The van der Waals surface area contributed by atoms with Crippen molar-refractivity contribution in [2.45, 2.75) is 13.8 Å². The Hall–Kier alpha value is -2.84. The number of nitro groups is 1. The van der Waals surface area contributed by atoms with Gasteiger partial charge in [-0.3, -0.25) is 14.9 Å². The summed E-state index contributed by atoms with van der Waals surface area (Å²) in [7, 11) is 0. The van der Waals surface area contributed by atoms with Gasteiger partial charge < -0.3 is 19.7 Å². The van der Waals surface area contributed by atoms with E-state index in [-0.39, 0.29) is 12.3 Å². The molecule has 0 saturated carbocycles. The molecule has 1 amide bonds. The Labute approximate surface area is 173 Å². The number of nitrogens with one attached hydrogen (secondary N) is 1. The van der Waals surface area contributed by atoms with Gasteiger partial charge >= 0.3 is 0 Å². The molecule has 0 atom stereocenters. The number of halogens is 1. The molecule has 154 valence electrons. The Kier molecular flexibility index (Phi) is 6.56. The van der Waals surface area contributed by atoms with E-state index in [9.17, 15) is 14.9 Å². The van der Waals surface area contributed by atoms with E-state index in [1.807, 2.05) is 24.8 Å². The zero-order valence-electron chi connectivity index (χ0n) is 16.2. The number of amides is 1. The van der Waals surface area contributed by atoms with Crippen LogP contribution in [0.4, 0.5) is 17.1 Å². The standard InChI is InChI=1S/C20H22ClN3O5/c1-13-9-14(2)20(16(21)10-13)29-12-19(25)22-15-3-4-17(18(11-15)24(26)27)23-5-7-28-8-6-23/h3-4,9-11H,5-8,12H2,1-2H3,(H,22,25). The quantitative estimate of drug-likeness (QED) is 0.566. The van der Waals surface area contributed by atoms with Crippen molar-refractivity contribution in [3.8, 4) is 5.75 Å². The third-order valence-corrected chi connectivity index (χ3v) is 4.81. The van der Waals surface area contributed by atoms with E-state index >= 15 is 0 Å². The third kappa shape index (κ3) is 5.16. The normalized spacial score (nSPS) is 13.8. The first kappa shape index (κ1) is 20.9. The molecule has 0 radical (unpaired) electrons. The van der Waals surface area contributed by atoms with Crippen LogP contribution in [0.1, 0.15) is 11.1 Å². The first-order valence-corrected chi connectivity index (χ1v) is 9.53. The number of hydrogen-bond donors (Lipinski definition) is 1. The minimum Gasteiger partial charge on any atom is -0.482 e. The fraction of sp³-hybridized carbons (Fsp3) is 0.350. The van der Waals surface area contributed by atoms with Crippen molar-refractivity contribution in [1.82, 2.24) is 0 Å². The van der Waals surface area contributed by atoms with Gasteiger partial charge in [0, 0.05) is 24.8 Å². The minimum atomic E-state index is -0.452. The Balaban J connectivity index is 1.69. The van der Waals surface area contributed by atoms with Gasteiger partial charge in [-0.15, -0.1) is 0 Å². The minimum absolute atomic E-state index is 0.0666. The Morgan fingerprint density at radius 3 is 2.66 bits per heavy atom. The molecule has 2 aromatic rings. The number of rotatable bonds is 6. The number of morpholine rings is 1. The van der Waals surface area contributed by atoms with Crippen LogP contribution in [-0.4, -0.2) is 43.7 Å². The molecule has 0 unspecified atom stereocenters. The Morgan fingerprint density at radius 2 is 2.00 bits per heavy atom. The molecule has 0 aliphatic carbocycles. The average molecular weight is 420 g/mol. The van der Waals surface area contributed by atoms with E-state index in [0.29, 0.717) is 48.5 Å². The highest BCUT2D eigenvalue weighted by Gasteiger charge is 2.22. The molecule has 2 aromatic carbocycles. The maximum Gasteiger partial charge on any atom is 0.294 e. The summed E-state index contributed by atoms with van der Waals surface area (Å²) < 4.78 is 10.8. The van der Waals surface area contributed by atoms with Crippen LogP contribution < -0.4 is 15.0 Å². The van der Waals surface area contributed by atoms with Crippen molar-refractivity contribution in [2.75, 3.05) is 43.1 Å². The zero-order valence-corrected chi connectivity index (χ0v) is 17.0.